The van der Waals surface area contributed by atoms with Crippen LogP contribution in [0.15, 0.2) is 0 Å². The molecule has 1 aliphatic rings. The quantitative estimate of drug-likeness (QED) is 0.705. The molecule has 0 atom stereocenters. The van der Waals surface area contributed by atoms with E-state index in [1.54, 1.807) is 11.4 Å². The summed E-state index contributed by atoms with van der Waals surface area (Å²) in [5.41, 5.74) is 0. The van der Waals surface area contributed by atoms with Crippen molar-refractivity contribution in [2.45, 2.75) is 44.6 Å². The number of halogens is 1. The highest BCUT2D eigenvalue weighted by Crippen LogP contribution is 2.23. The van der Waals surface area contributed by atoms with Gasteiger partial charge in [0.1, 0.15) is 0 Å². The Kier molecular flexibility index (Phi) is 5.36. The summed E-state index contributed by atoms with van der Waals surface area (Å²) in [7, 11) is -1.37. The number of alkyl halides is 1. The van der Waals surface area contributed by atoms with Crippen LogP contribution < -0.4 is 0 Å². The van der Waals surface area contributed by atoms with Gasteiger partial charge in [0.05, 0.1) is 5.75 Å². The lowest BCUT2D eigenvalue weighted by Crippen LogP contribution is -2.39. The Morgan fingerprint density at radius 1 is 1.27 bits per heavy atom. The molecule has 0 aromatic carbocycles. The van der Waals surface area contributed by atoms with Gasteiger partial charge < -0.3 is 0 Å². The van der Waals surface area contributed by atoms with Crippen LogP contribution in [0.2, 0.25) is 0 Å². The van der Waals surface area contributed by atoms with Gasteiger partial charge in [-0.15, -0.1) is 11.6 Å². The van der Waals surface area contributed by atoms with Gasteiger partial charge in [0.25, 0.3) is 0 Å². The maximum atomic E-state index is 11.9. The smallest absolute Gasteiger partial charge is 0.212 e. The summed E-state index contributed by atoms with van der Waals surface area (Å²) in [4.78, 5) is 0. The minimum Gasteiger partial charge on any atom is -0.212 e. The first-order chi connectivity index (χ1) is 7.08. The van der Waals surface area contributed by atoms with E-state index in [1.165, 1.54) is 6.42 Å². The van der Waals surface area contributed by atoms with Gasteiger partial charge in [-0.3, -0.25) is 0 Å². The first-order valence-corrected chi connectivity index (χ1v) is 7.74. The number of hydrogen-bond acceptors (Lipinski definition) is 2. The fourth-order valence-corrected chi connectivity index (χ4v) is 3.81. The van der Waals surface area contributed by atoms with Crippen molar-refractivity contribution < 1.29 is 8.42 Å². The Morgan fingerprint density at radius 3 is 2.40 bits per heavy atom. The molecule has 0 aromatic rings. The fraction of sp³-hybridized carbons (Fsp3) is 1.00. The van der Waals surface area contributed by atoms with Gasteiger partial charge in [-0.1, -0.05) is 19.3 Å². The van der Waals surface area contributed by atoms with E-state index in [1.807, 2.05) is 0 Å². The summed E-state index contributed by atoms with van der Waals surface area (Å²) in [5.74, 6) is 0.598. The second-order valence-corrected chi connectivity index (χ2v) is 6.69. The molecule has 0 spiro atoms. The molecule has 1 aliphatic carbocycles. The van der Waals surface area contributed by atoms with Crippen molar-refractivity contribution in [2.75, 3.05) is 18.7 Å². The van der Waals surface area contributed by atoms with E-state index in [0.717, 1.165) is 25.7 Å². The minimum absolute atomic E-state index is 0.184. The van der Waals surface area contributed by atoms with E-state index < -0.39 is 10.0 Å². The predicted octanol–water partition coefficient (Wildman–Crippen LogP) is 2.21. The summed E-state index contributed by atoms with van der Waals surface area (Å²) in [6.07, 6.45) is 6.11. The SMILES string of the molecule is CN(C1CCCCC1)S(=O)(=O)CCCCl. The predicted molar refractivity (Wildman–Crippen MR) is 63.8 cm³/mol. The summed E-state index contributed by atoms with van der Waals surface area (Å²) in [5, 5.41) is 0. The molecule has 0 aromatic heterocycles. The molecule has 5 heteroatoms. The van der Waals surface area contributed by atoms with E-state index in [-0.39, 0.29) is 11.8 Å². The molecule has 3 nitrogen and oxygen atoms in total. The molecule has 1 rings (SSSR count). The second kappa shape index (κ2) is 6.06. The molecule has 90 valence electrons. The van der Waals surface area contributed by atoms with E-state index in [0.29, 0.717) is 12.3 Å². The van der Waals surface area contributed by atoms with E-state index in [9.17, 15) is 8.42 Å². The monoisotopic (exact) mass is 253 g/mol. The molecular formula is C10H20ClNO2S. The molecule has 0 aliphatic heterocycles. The van der Waals surface area contributed by atoms with Crippen LogP contribution in [0.4, 0.5) is 0 Å². The van der Waals surface area contributed by atoms with Crippen molar-refractivity contribution in [3.63, 3.8) is 0 Å². The van der Waals surface area contributed by atoms with Gasteiger partial charge >= 0.3 is 0 Å². The molecule has 15 heavy (non-hydrogen) atoms. The number of hydrogen-bond donors (Lipinski definition) is 0. The van der Waals surface area contributed by atoms with Gasteiger partial charge in [0, 0.05) is 19.0 Å². The summed E-state index contributed by atoms with van der Waals surface area (Å²) >= 11 is 5.52. The Hall–Kier alpha value is 0.200. The highest BCUT2D eigenvalue weighted by atomic mass is 35.5. The Labute approximate surface area is 97.8 Å². The van der Waals surface area contributed by atoms with Crippen LogP contribution in [0.1, 0.15) is 38.5 Å². The van der Waals surface area contributed by atoms with Crippen LogP contribution in [0, 0.1) is 0 Å². The van der Waals surface area contributed by atoms with Crippen LogP contribution >= 0.6 is 11.6 Å². The molecular weight excluding hydrogens is 234 g/mol. The lowest BCUT2D eigenvalue weighted by molar-refractivity contribution is 0.286. The maximum absolute atomic E-state index is 11.9. The minimum atomic E-state index is -3.07. The lowest BCUT2D eigenvalue weighted by Gasteiger charge is -2.30. The van der Waals surface area contributed by atoms with Gasteiger partial charge in [-0.05, 0) is 19.3 Å². The molecule has 0 radical (unpaired) electrons. The molecule has 0 amide bonds. The zero-order valence-corrected chi connectivity index (χ0v) is 10.9. The van der Waals surface area contributed by atoms with Crippen molar-refractivity contribution >= 4 is 21.6 Å². The Balaban J connectivity index is 2.53. The number of rotatable bonds is 5. The van der Waals surface area contributed by atoms with Gasteiger partial charge in [-0.2, -0.15) is 0 Å². The van der Waals surface area contributed by atoms with E-state index in [2.05, 4.69) is 0 Å². The third-order valence-corrected chi connectivity index (χ3v) is 5.31. The molecule has 1 saturated carbocycles. The Morgan fingerprint density at radius 2 is 1.87 bits per heavy atom. The highest BCUT2D eigenvalue weighted by molar-refractivity contribution is 7.89. The number of sulfonamides is 1. The van der Waals surface area contributed by atoms with Crippen LogP contribution in [0.3, 0.4) is 0 Å². The summed E-state index contributed by atoms with van der Waals surface area (Å²) < 4.78 is 25.3. The zero-order chi connectivity index (χ0) is 11.3. The van der Waals surface area contributed by atoms with Crippen LogP contribution in [0.25, 0.3) is 0 Å². The lowest BCUT2D eigenvalue weighted by atomic mass is 9.96. The van der Waals surface area contributed by atoms with Gasteiger partial charge in [0.15, 0.2) is 0 Å². The normalized spacial score (nSPS) is 19.7. The van der Waals surface area contributed by atoms with Crippen LogP contribution in [-0.2, 0) is 10.0 Å². The molecule has 0 unspecified atom stereocenters. The first-order valence-electron chi connectivity index (χ1n) is 5.59. The van der Waals surface area contributed by atoms with Gasteiger partial charge in [0.2, 0.25) is 10.0 Å². The molecule has 0 N–H and O–H groups in total. The zero-order valence-electron chi connectivity index (χ0n) is 9.28. The largest absolute Gasteiger partial charge is 0.214 e. The third-order valence-electron chi connectivity index (χ3n) is 3.06. The van der Waals surface area contributed by atoms with Crippen molar-refractivity contribution in [3.05, 3.63) is 0 Å². The molecule has 0 saturated heterocycles. The standard InChI is InChI=1S/C10H20ClNO2S/c1-12(10-6-3-2-4-7-10)15(13,14)9-5-8-11/h10H,2-9H2,1H3. The molecule has 1 fully saturated rings. The van der Waals surface area contributed by atoms with Crippen molar-refractivity contribution in [1.82, 2.24) is 4.31 Å². The van der Waals surface area contributed by atoms with Gasteiger partial charge in [-0.25, -0.2) is 12.7 Å². The summed E-state index contributed by atoms with van der Waals surface area (Å²) in [6, 6.07) is 0.221. The third kappa shape index (κ3) is 3.93. The fourth-order valence-electron chi connectivity index (χ4n) is 2.05. The van der Waals surface area contributed by atoms with E-state index in [4.69, 9.17) is 11.6 Å². The second-order valence-electron chi connectivity index (χ2n) is 4.17. The maximum Gasteiger partial charge on any atom is 0.214 e. The van der Waals surface area contributed by atoms with Crippen molar-refractivity contribution in [3.8, 4) is 0 Å². The Bertz CT molecular complexity index is 273. The molecule has 0 bridgehead atoms. The topological polar surface area (TPSA) is 37.4 Å². The highest BCUT2D eigenvalue weighted by Gasteiger charge is 2.26. The number of nitrogens with zero attached hydrogens (tertiary/aromatic N) is 1. The molecule has 0 heterocycles. The average molecular weight is 254 g/mol. The van der Waals surface area contributed by atoms with E-state index >= 15 is 0 Å². The van der Waals surface area contributed by atoms with Crippen LogP contribution in [0.5, 0.6) is 0 Å². The first kappa shape index (κ1) is 13.3. The average Bonchev–Trinajstić information content (AvgIpc) is 2.26. The van der Waals surface area contributed by atoms with Crippen LogP contribution in [-0.4, -0.2) is 37.4 Å². The van der Waals surface area contributed by atoms with Crippen molar-refractivity contribution in [2.24, 2.45) is 0 Å². The van der Waals surface area contributed by atoms with Crippen molar-refractivity contribution in [1.29, 1.82) is 0 Å². The summed E-state index contributed by atoms with van der Waals surface area (Å²) in [6.45, 7) is 0.